The summed E-state index contributed by atoms with van der Waals surface area (Å²) in [5.41, 5.74) is 4.73. The van der Waals surface area contributed by atoms with Crippen LogP contribution >= 0.6 is 0 Å². The summed E-state index contributed by atoms with van der Waals surface area (Å²) in [6.07, 6.45) is 13.2. The summed E-state index contributed by atoms with van der Waals surface area (Å²) in [6.45, 7) is 11.2. The lowest BCUT2D eigenvalue weighted by Gasteiger charge is -2.43. The zero-order chi connectivity index (χ0) is 37.3. The maximum Gasteiger partial charge on any atom is 0.263 e. The van der Waals surface area contributed by atoms with Crippen LogP contribution in [0.4, 0.5) is 11.6 Å². The molecule has 13 nitrogen and oxygen atoms in total. The first-order valence-corrected chi connectivity index (χ1v) is 19.7. The van der Waals surface area contributed by atoms with Crippen molar-refractivity contribution in [2.24, 2.45) is 0 Å². The predicted octanol–water partition coefficient (Wildman–Crippen LogP) is 4.01. The third-order valence-corrected chi connectivity index (χ3v) is 12.2. The average molecular weight is 734 g/mol. The van der Waals surface area contributed by atoms with Gasteiger partial charge < -0.3 is 15.5 Å². The number of anilines is 2. The van der Waals surface area contributed by atoms with Crippen molar-refractivity contribution >= 4 is 40.3 Å². The molecular weight excluding hydrogens is 683 g/mol. The Balaban J connectivity index is 0.826. The number of nitrogens with one attached hydrogen (secondary N) is 3. The number of carbonyl (C=O) groups is 3. The summed E-state index contributed by atoms with van der Waals surface area (Å²) in [5.74, 6) is 0.405. The van der Waals surface area contributed by atoms with Gasteiger partial charge in [0, 0.05) is 75.0 Å². The molecule has 5 aliphatic rings. The normalized spacial score (nSPS) is 22.2. The highest BCUT2D eigenvalue weighted by atomic mass is 16.2. The maximum absolute atomic E-state index is 13.6. The Kier molecular flexibility index (Phi) is 10.3. The molecule has 2 amide bonds. The van der Waals surface area contributed by atoms with Crippen molar-refractivity contribution in [3.8, 4) is 0 Å². The monoisotopic (exact) mass is 733 g/mol. The summed E-state index contributed by atoms with van der Waals surface area (Å²) in [5, 5.41) is 10.0. The van der Waals surface area contributed by atoms with Gasteiger partial charge in [-0.3, -0.25) is 38.9 Å². The van der Waals surface area contributed by atoms with Crippen LogP contribution in [0.2, 0.25) is 0 Å². The molecule has 13 heteroatoms. The quantitative estimate of drug-likeness (QED) is 0.217. The van der Waals surface area contributed by atoms with Crippen LogP contribution < -0.4 is 26.4 Å². The zero-order valence-electron chi connectivity index (χ0n) is 31.4. The van der Waals surface area contributed by atoms with E-state index in [9.17, 15) is 19.2 Å². The first kappa shape index (κ1) is 36.1. The molecule has 1 unspecified atom stereocenters. The number of hydrogen-bond donors (Lipinski definition) is 3. The zero-order valence-corrected chi connectivity index (χ0v) is 31.4. The maximum atomic E-state index is 13.6. The molecule has 3 saturated heterocycles. The fourth-order valence-electron chi connectivity index (χ4n) is 9.16. The lowest BCUT2D eigenvalue weighted by Crippen LogP contribution is -2.53. The van der Waals surface area contributed by atoms with Crippen LogP contribution in [0, 0.1) is 6.92 Å². The molecule has 0 bridgehead atoms. The van der Waals surface area contributed by atoms with Crippen molar-refractivity contribution in [3.05, 3.63) is 81.1 Å². The second kappa shape index (κ2) is 15.5. The molecule has 2 aromatic heterocycles. The highest BCUT2D eigenvalue weighted by Gasteiger charge is 2.30. The summed E-state index contributed by atoms with van der Waals surface area (Å²) >= 11 is 0. The molecule has 1 saturated carbocycles. The van der Waals surface area contributed by atoms with Gasteiger partial charge in [-0.05, 0) is 93.9 Å². The number of piperidine rings is 2. The van der Waals surface area contributed by atoms with Gasteiger partial charge in [-0.2, -0.15) is 4.98 Å². The third-order valence-electron chi connectivity index (χ3n) is 12.2. The number of imide groups is 1. The van der Waals surface area contributed by atoms with Gasteiger partial charge in [0.1, 0.15) is 11.5 Å². The van der Waals surface area contributed by atoms with Crippen LogP contribution in [-0.2, 0) is 9.59 Å². The summed E-state index contributed by atoms with van der Waals surface area (Å²) < 4.78 is 1.75. The Labute approximate surface area is 315 Å². The SMILES string of the molecule is CC(=O)c1c(C)c2cnc(NC3=CC=C(CN4CCC(N5CCN(c6ccc(C7CCC(=O)NC7=O)cc6)CC5)CC4)CN3)nc2n(C2CCCC2)c1=O. The standard InChI is InChI=1S/C41H51N9O4/c1-26-34-24-43-41(46-38(34)50(32-5-3-4-6-32)40(54)37(26)27(2)51)44-35-13-7-28(23-42-35)25-47-17-15-31(16-18-47)49-21-19-48(20-22-49)30-10-8-29(9-11-30)33-12-14-36(52)45-39(33)53/h7-11,13,24,31-33,42H,3-6,12,14-23,25H2,1-2H3,(H,43,44,46)(H,45,52,53). The molecule has 4 aliphatic heterocycles. The van der Waals surface area contributed by atoms with Crippen LogP contribution in [-0.4, -0.2) is 100 Å². The van der Waals surface area contributed by atoms with Crippen molar-refractivity contribution in [1.82, 2.24) is 35.0 Å². The van der Waals surface area contributed by atoms with Crippen molar-refractivity contribution in [3.63, 3.8) is 0 Å². The molecule has 1 atom stereocenters. The summed E-state index contributed by atoms with van der Waals surface area (Å²) in [6, 6.07) is 8.99. The van der Waals surface area contributed by atoms with Crippen LogP contribution in [0.25, 0.3) is 11.0 Å². The highest BCUT2D eigenvalue weighted by molar-refractivity contribution is 6.01. The van der Waals surface area contributed by atoms with E-state index in [-0.39, 0.29) is 40.7 Å². The lowest BCUT2D eigenvalue weighted by molar-refractivity contribution is -0.134. The minimum Gasteiger partial charge on any atom is -0.369 e. The number of piperazine rings is 1. The smallest absolute Gasteiger partial charge is 0.263 e. The molecule has 4 fully saturated rings. The van der Waals surface area contributed by atoms with Gasteiger partial charge in [0.15, 0.2) is 5.78 Å². The molecule has 0 spiro atoms. The van der Waals surface area contributed by atoms with E-state index in [2.05, 4.69) is 53.8 Å². The van der Waals surface area contributed by atoms with Crippen LogP contribution in [0.5, 0.6) is 0 Å². The van der Waals surface area contributed by atoms with Gasteiger partial charge in [-0.15, -0.1) is 0 Å². The second-order valence-corrected chi connectivity index (χ2v) is 15.6. The Morgan fingerprint density at radius 1 is 0.907 bits per heavy atom. The minimum atomic E-state index is -0.244. The van der Waals surface area contributed by atoms with E-state index in [1.807, 2.05) is 25.1 Å². The number of aromatic nitrogens is 3. The lowest BCUT2D eigenvalue weighted by atomic mass is 9.90. The predicted molar refractivity (Wildman–Crippen MR) is 209 cm³/mol. The molecule has 3 aromatic rings. The van der Waals surface area contributed by atoms with Crippen LogP contribution in [0.1, 0.15) is 91.7 Å². The number of ketones is 1. The van der Waals surface area contributed by atoms with Crippen molar-refractivity contribution in [2.75, 3.05) is 62.6 Å². The van der Waals surface area contributed by atoms with E-state index >= 15 is 0 Å². The van der Waals surface area contributed by atoms with E-state index in [0.717, 1.165) is 94.8 Å². The topological polar surface area (TPSA) is 145 Å². The van der Waals surface area contributed by atoms with E-state index < -0.39 is 0 Å². The molecule has 8 rings (SSSR count). The molecule has 1 aromatic carbocycles. The molecule has 6 heterocycles. The number of allylic oxidation sites excluding steroid dienone is 2. The Morgan fingerprint density at radius 2 is 1.65 bits per heavy atom. The third kappa shape index (κ3) is 7.43. The van der Waals surface area contributed by atoms with Crippen molar-refractivity contribution < 1.29 is 14.4 Å². The summed E-state index contributed by atoms with van der Waals surface area (Å²) in [7, 11) is 0. The number of benzene rings is 1. The number of pyridine rings is 1. The number of hydrogen-bond acceptors (Lipinski definition) is 11. The van der Waals surface area contributed by atoms with Gasteiger partial charge in [0.05, 0.1) is 11.5 Å². The van der Waals surface area contributed by atoms with Crippen LogP contribution in [0.3, 0.4) is 0 Å². The molecule has 284 valence electrons. The Morgan fingerprint density at radius 3 is 2.31 bits per heavy atom. The van der Waals surface area contributed by atoms with E-state index in [0.29, 0.717) is 36.0 Å². The average Bonchev–Trinajstić information content (AvgIpc) is 3.71. The fourth-order valence-corrected chi connectivity index (χ4v) is 9.16. The number of amides is 2. The van der Waals surface area contributed by atoms with Crippen molar-refractivity contribution in [1.29, 1.82) is 0 Å². The largest absolute Gasteiger partial charge is 0.369 e. The number of fused-ring (bicyclic) bond motifs is 1. The van der Waals surface area contributed by atoms with Crippen molar-refractivity contribution in [2.45, 2.75) is 83.2 Å². The van der Waals surface area contributed by atoms with Gasteiger partial charge in [0.25, 0.3) is 5.56 Å². The number of nitrogens with zero attached hydrogens (tertiary/aromatic N) is 6. The molecule has 0 radical (unpaired) electrons. The van der Waals surface area contributed by atoms with E-state index in [4.69, 9.17) is 4.98 Å². The van der Waals surface area contributed by atoms with Gasteiger partial charge >= 0.3 is 0 Å². The van der Waals surface area contributed by atoms with Gasteiger partial charge in [-0.25, -0.2) is 4.98 Å². The molecule has 54 heavy (non-hydrogen) atoms. The number of dihydropyridines is 1. The fraction of sp³-hybridized carbons (Fsp3) is 0.512. The highest BCUT2D eigenvalue weighted by Crippen LogP contribution is 2.32. The number of carbonyl (C=O) groups excluding carboxylic acids is 3. The Hall–Kier alpha value is -4.88. The number of aryl methyl sites for hydroxylation is 1. The van der Waals surface area contributed by atoms with E-state index in [1.54, 1.807) is 10.8 Å². The molecule has 3 N–H and O–H groups in total. The molecule has 1 aliphatic carbocycles. The Bertz CT molecular complexity index is 2050. The number of likely N-dealkylation sites (tertiary alicyclic amines) is 1. The first-order chi connectivity index (χ1) is 26.2. The van der Waals surface area contributed by atoms with E-state index in [1.165, 1.54) is 31.0 Å². The molecular formula is C41H51N9O4. The van der Waals surface area contributed by atoms with Crippen LogP contribution in [0.15, 0.2) is 58.8 Å². The second-order valence-electron chi connectivity index (χ2n) is 15.6. The van der Waals surface area contributed by atoms with Gasteiger partial charge in [-0.1, -0.05) is 31.1 Å². The number of rotatable bonds is 9. The first-order valence-electron chi connectivity index (χ1n) is 19.7. The number of Topliss-reactive ketones (excluding diaryl/α,β-unsaturated/α-hetero) is 1. The minimum absolute atomic E-state index is 0.0409. The summed E-state index contributed by atoms with van der Waals surface area (Å²) in [4.78, 5) is 66.9. The van der Waals surface area contributed by atoms with Gasteiger partial charge in [0.2, 0.25) is 17.8 Å².